The van der Waals surface area contributed by atoms with Crippen LogP contribution in [0.2, 0.25) is 8.67 Å². The van der Waals surface area contributed by atoms with Crippen LogP contribution in [0.4, 0.5) is 5.82 Å². The van der Waals surface area contributed by atoms with Crippen LogP contribution in [0.15, 0.2) is 30.3 Å². The Balaban J connectivity index is 2.31. The molecule has 0 spiro atoms. The van der Waals surface area contributed by atoms with E-state index in [2.05, 4.69) is 5.10 Å². The summed E-state index contributed by atoms with van der Waals surface area (Å²) in [4.78, 5) is 0. The zero-order valence-corrected chi connectivity index (χ0v) is 13.9. The lowest BCUT2D eigenvalue weighted by Gasteiger charge is -2.07. The third-order valence-electron chi connectivity index (χ3n) is 3.42. The third-order valence-corrected chi connectivity index (χ3v) is 4.91. The summed E-state index contributed by atoms with van der Waals surface area (Å²) < 4.78 is 2.92. The molecule has 0 aliphatic rings. The number of rotatable bonds is 2. The predicted octanol–water partition coefficient (Wildman–Crippen LogP) is 5.01. The van der Waals surface area contributed by atoms with Gasteiger partial charge in [-0.25, -0.2) is 0 Å². The molecule has 21 heavy (non-hydrogen) atoms. The number of hydrogen-bond acceptors (Lipinski definition) is 3. The van der Waals surface area contributed by atoms with Gasteiger partial charge in [0.05, 0.1) is 9.90 Å². The van der Waals surface area contributed by atoms with Gasteiger partial charge in [-0.2, -0.15) is 5.10 Å². The fourth-order valence-corrected chi connectivity index (χ4v) is 3.81. The van der Waals surface area contributed by atoms with Crippen molar-refractivity contribution in [1.29, 1.82) is 0 Å². The van der Waals surface area contributed by atoms with Gasteiger partial charge in [-0.1, -0.05) is 47.5 Å². The fourth-order valence-electron chi connectivity index (χ4n) is 2.35. The van der Waals surface area contributed by atoms with Crippen molar-refractivity contribution in [1.82, 2.24) is 9.78 Å². The number of thiophene rings is 1. The van der Waals surface area contributed by atoms with E-state index in [1.54, 1.807) is 4.68 Å². The van der Waals surface area contributed by atoms with E-state index in [0.29, 0.717) is 14.5 Å². The SMILES string of the molecule is Cc1ccccc1-c1c(-c2cc(Cl)sc2Cl)nn(C)c1N. The van der Waals surface area contributed by atoms with E-state index in [1.165, 1.54) is 11.3 Å². The minimum absolute atomic E-state index is 0.609. The zero-order chi connectivity index (χ0) is 15.1. The van der Waals surface area contributed by atoms with E-state index >= 15 is 0 Å². The molecule has 0 aliphatic heterocycles. The molecule has 3 nitrogen and oxygen atoms in total. The van der Waals surface area contributed by atoms with Gasteiger partial charge in [0.15, 0.2) is 0 Å². The van der Waals surface area contributed by atoms with Gasteiger partial charge in [0.1, 0.15) is 15.8 Å². The maximum Gasteiger partial charge on any atom is 0.129 e. The Morgan fingerprint density at radius 3 is 2.52 bits per heavy atom. The minimum atomic E-state index is 0.609. The molecule has 0 atom stereocenters. The quantitative estimate of drug-likeness (QED) is 0.713. The Hall–Kier alpha value is -1.49. The smallest absolute Gasteiger partial charge is 0.129 e. The number of halogens is 2. The van der Waals surface area contributed by atoms with E-state index in [-0.39, 0.29) is 0 Å². The van der Waals surface area contributed by atoms with Gasteiger partial charge < -0.3 is 5.73 Å². The summed E-state index contributed by atoms with van der Waals surface area (Å²) in [5, 5.41) is 4.53. The fraction of sp³-hybridized carbons (Fsp3) is 0.133. The molecule has 2 N–H and O–H groups in total. The van der Waals surface area contributed by atoms with Gasteiger partial charge in [0.2, 0.25) is 0 Å². The number of benzene rings is 1. The van der Waals surface area contributed by atoms with Crippen LogP contribution in [0.1, 0.15) is 5.56 Å². The first-order valence-electron chi connectivity index (χ1n) is 6.32. The molecule has 0 fully saturated rings. The highest BCUT2D eigenvalue weighted by Gasteiger charge is 2.21. The topological polar surface area (TPSA) is 43.8 Å². The molecule has 6 heteroatoms. The molecule has 0 radical (unpaired) electrons. The highest BCUT2D eigenvalue weighted by molar-refractivity contribution is 7.20. The van der Waals surface area contributed by atoms with Crippen LogP contribution in [-0.4, -0.2) is 9.78 Å². The number of nitrogens with two attached hydrogens (primary N) is 1. The number of nitrogen functional groups attached to an aromatic ring is 1. The van der Waals surface area contributed by atoms with Crippen molar-refractivity contribution in [2.45, 2.75) is 6.92 Å². The molecule has 108 valence electrons. The first-order chi connectivity index (χ1) is 9.99. The Morgan fingerprint density at radius 2 is 1.90 bits per heavy atom. The first-order valence-corrected chi connectivity index (χ1v) is 7.90. The van der Waals surface area contributed by atoms with Crippen LogP contribution in [0, 0.1) is 6.92 Å². The Labute approximate surface area is 136 Å². The average molecular weight is 338 g/mol. The lowest BCUT2D eigenvalue weighted by atomic mass is 9.98. The van der Waals surface area contributed by atoms with E-state index in [0.717, 1.165) is 27.9 Å². The Kier molecular flexibility index (Phi) is 3.69. The highest BCUT2D eigenvalue weighted by atomic mass is 35.5. The maximum absolute atomic E-state index is 6.28. The Morgan fingerprint density at radius 1 is 1.19 bits per heavy atom. The van der Waals surface area contributed by atoms with Gasteiger partial charge >= 0.3 is 0 Å². The van der Waals surface area contributed by atoms with Crippen LogP contribution in [0.5, 0.6) is 0 Å². The number of nitrogens with zero attached hydrogens (tertiary/aromatic N) is 2. The molecule has 0 saturated carbocycles. The maximum atomic E-state index is 6.28. The number of hydrogen-bond donors (Lipinski definition) is 1. The first kappa shape index (κ1) is 14.4. The monoisotopic (exact) mass is 337 g/mol. The van der Waals surface area contributed by atoms with E-state index in [1.807, 2.05) is 44.3 Å². The van der Waals surface area contributed by atoms with Crippen LogP contribution in [0.3, 0.4) is 0 Å². The summed E-state index contributed by atoms with van der Waals surface area (Å²) >= 11 is 13.7. The second-order valence-corrected chi connectivity index (χ2v) is 7.07. The number of aromatic nitrogens is 2. The van der Waals surface area contributed by atoms with E-state index < -0.39 is 0 Å². The largest absolute Gasteiger partial charge is 0.383 e. The third kappa shape index (κ3) is 2.44. The molecule has 0 aliphatic carbocycles. The van der Waals surface area contributed by atoms with Crippen molar-refractivity contribution < 1.29 is 0 Å². The second kappa shape index (κ2) is 5.37. The van der Waals surface area contributed by atoms with Crippen LogP contribution >= 0.6 is 34.5 Å². The standard InChI is InChI=1S/C15H13Cl2N3S/c1-8-5-3-4-6-9(8)12-13(19-20(2)15(12)18)10-7-11(16)21-14(10)17/h3-7H,18H2,1-2H3. The lowest BCUT2D eigenvalue weighted by molar-refractivity contribution is 0.782. The molecule has 2 aromatic heterocycles. The molecule has 1 aromatic carbocycles. The van der Waals surface area contributed by atoms with Crippen molar-refractivity contribution in [3.63, 3.8) is 0 Å². The Bertz CT molecular complexity index is 820. The molecule has 3 rings (SSSR count). The summed E-state index contributed by atoms with van der Waals surface area (Å²) in [6.07, 6.45) is 0. The van der Waals surface area contributed by atoms with Crippen LogP contribution < -0.4 is 5.73 Å². The molecule has 0 amide bonds. The van der Waals surface area contributed by atoms with Crippen LogP contribution in [-0.2, 0) is 7.05 Å². The van der Waals surface area contributed by atoms with Gasteiger partial charge in [-0.3, -0.25) is 4.68 Å². The summed E-state index contributed by atoms with van der Waals surface area (Å²) in [7, 11) is 1.82. The molecular weight excluding hydrogens is 325 g/mol. The lowest BCUT2D eigenvalue weighted by Crippen LogP contribution is -1.98. The predicted molar refractivity (Wildman–Crippen MR) is 91.1 cm³/mol. The molecule has 0 unspecified atom stereocenters. The van der Waals surface area contributed by atoms with Gasteiger partial charge in [-0.15, -0.1) is 11.3 Å². The number of anilines is 1. The van der Waals surface area contributed by atoms with Crippen molar-refractivity contribution >= 4 is 40.4 Å². The summed E-state index contributed by atoms with van der Waals surface area (Å²) in [6.45, 7) is 2.05. The second-order valence-electron chi connectivity index (χ2n) is 4.79. The number of aryl methyl sites for hydroxylation is 2. The van der Waals surface area contributed by atoms with E-state index in [9.17, 15) is 0 Å². The average Bonchev–Trinajstić information content (AvgIpc) is 2.91. The van der Waals surface area contributed by atoms with E-state index in [4.69, 9.17) is 28.9 Å². The van der Waals surface area contributed by atoms with Gasteiger partial charge in [0, 0.05) is 12.6 Å². The normalized spacial score (nSPS) is 11.0. The summed E-state index contributed by atoms with van der Waals surface area (Å²) in [5.74, 6) is 0.609. The van der Waals surface area contributed by atoms with Crippen LogP contribution in [0.25, 0.3) is 22.4 Å². The summed E-state index contributed by atoms with van der Waals surface area (Å²) in [5.41, 5.74) is 10.9. The zero-order valence-electron chi connectivity index (χ0n) is 11.5. The highest BCUT2D eigenvalue weighted by Crippen LogP contribution is 2.44. The van der Waals surface area contributed by atoms with Gasteiger partial charge in [-0.05, 0) is 24.1 Å². The molecule has 2 heterocycles. The molecule has 3 aromatic rings. The van der Waals surface area contributed by atoms with Gasteiger partial charge in [0.25, 0.3) is 0 Å². The summed E-state index contributed by atoms with van der Waals surface area (Å²) in [6, 6.07) is 9.90. The van der Waals surface area contributed by atoms with Crippen molar-refractivity contribution in [3.8, 4) is 22.4 Å². The molecular formula is C15H13Cl2N3S. The molecule has 0 bridgehead atoms. The van der Waals surface area contributed by atoms with Crippen molar-refractivity contribution in [2.75, 3.05) is 5.73 Å². The van der Waals surface area contributed by atoms with Crippen molar-refractivity contribution in [3.05, 3.63) is 44.6 Å². The minimum Gasteiger partial charge on any atom is -0.383 e. The molecule has 0 saturated heterocycles. The van der Waals surface area contributed by atoms with Crippen molar-refractivity contribution in [2.24, 2.45) is 7.05 Å².